The second-order valence-corrected chi connectivity index (χ2v) is 9.78. The van der Waals surface area contributed by atoms with Gasteiger partial charge in [-0.25, -0.2) is 13.2 Å². The molecule has 0 heterocycles. The summed E-state index contributed by atoms with van der Waals surface area (Å²) in [5.41, 5.74) is 0.283. The lowest BCUT2D eigenvalue weighted by Crippen LogP contribution is -2.46. The average molecular weight is 477 g/mol. The first-order chi connectivity index (χ1) is 12.9. The summed E-state index contributed by atoms with van der Waals surface area (Å²) in [6, 6.07) is 5.25. The van der Waals surface area contributed by atoms with Gasteiger partial charge < -0.3 is 15.4 Å². The van der Waals surface area contributed by atoms with Crippen molar-refractivity contribution in [1.29, 1.82) is 0 Å². The summed E-state index contributed by atoms with van der Waals surface area (Å²) in [6.45, 7) is 4.93. The van der Waals surface area contributed by atoms with E-state index in [1.807, 2.05) is 0 Å². The molecule has 10 heteroatoms. The lowest BCUT2D eigenvalue weighted by atomic mass is 10.1. The minimum atomic E-state index is -3.37. The molecular weight excluding hydrogens is 452 g/mol. The van der Waals surface area contributed by atoms with Crippen molar-refractivity contribution in [3.05, 3.63) is 34.3 Å². The number of ether oxygens (including phenoxy) is 1. The largest absolute Gasteiger partial charge is 0.451 e. The van der Waals surface area contributed by atoms with Crippen molar-refractivity contribution in [1.82, 2.24) is 10.6 Å². The van der Waals surface area contributed by atoms with E-state index in [2.05, 4.69) is 26.6 Å². The van der Waals surface area contributed by atoms with Gasteiger partial charge in [0.05, 0.1) is 11.3 Å². The van der Waals surface area contributed by atoms with Gasteiger partial charge in [-0.15, -0.1) is 0 Å². The monoisotopic (exact) mass is 476 g/mol. The maximum absolute atomic E-state index is 12.5. The van der Waals surface area contributed by atoms with E-state index in [-0.39, 0.29) is 23.8 Å². The molecule has 1 aromatic rings. The van der Waals surface area contributed by atoms with Crippen LogP contribution in [-0.4, -0.2) is 56.4 Å². The number of hydrogen-bond donors (Lipinski definition) is 2. The molecule has 2 amide bonds. The molecule has 1 rings (SSSR count). The van der Waals surface area contributed by atoms with Gasteiger partial charge in [0.2, 0.25) is 0 Å². The highest BCUT2D eigenvalue weighted by Gasteiger charge is 2.28. The molecule has 0 bridgehead atoms. The summed E-state index contributed by atoms with van der Waals surface area (Å²) < 4.78 is 28.6. The van der Waals surface area contributed by atoms with Gasteiger partial charge in [-0.3, -0.25) is 9.59 Å². The number of halogens is 1. The minimum absolute atomic E-state index is 0.134. The highest BCUT2D eigenvalue weighted by atomic mass is 79.9. The van der Waals surface area contributed by atoms with Crippen molar-refractivity contribution in [3.63, 3.8) is 0 Å². The first-order valence-electron chi connectivity index (χ1n) is 8.64. The number of carbonyl (C=O) groups excluding carboxylic acids is 3. The molecule has 0 spiro atoms. The summed E-state index contributed by atoms with van der Waals surface area (Å²) in [7, 11) is -3.37. The van der Waals surface area contributed by atoms with E-state index >= 15 is 0 Å². The van der Waals surface area contributed by atoms with Crippen LogP contribution in [0.25, 0.3) is 0 Å². The molecule has 156 valence electrons. The molecule has 0 aromatic heterocycles. The normalized spacial score (nSPS) is 13.5. The molecule has 0 fully saturated rings. The molecule has 0 unspecified atom stereocenters. The summed E-state index contributed by atoms with van der Waals surface area (Å²) in [5, 5.41) is 5.10. The van der Waals surface area contributed by atoms with Gasteiger partial charge in [0.15, 0.2) is 6.10 Å². The van der Waals surface area contributed by atoms with Crippen LogP contribution in [0.1, 0.15) is 37.6 Å². The highest BCUT2D eigenvalue weighted by Crippen LogP contribution is 2.16. The molecule has 0 aliphatic heterocycles. The van der Waals surface area contributed by atoms with Crippen molar-refractivity contribution >= 4 is 43.6 Å². The number of carbonyl (C=O) groups is 3. The number of nitrogens with one attached hydrogen (secondary N) is 2. The molecule has 0 saturated carbocycles. The van der Waals surface area contributed by atoms with E-state index in [1.165, 1.54) is 6.92 Å². The van der Waals surface area contributed by atoms with Crippen LogP contribution in [0.3, 0.4) is 0 Å². The fourth-order valence-corrected chi connectivity index (χ4v) is 3.30. The Labute approximate surface area is 173 Å². The third-order valence-corrected chi connectivity index (χ3v) is 5.25. The average Bonchev–Trinajstić information content (AvgIpc) is 2.57. The summed E-state index contributed by atoms with van der Waals surface area (Å²) in [5.74, 6) is -2.25. The predicted molar refractivity (Wildman–Crippen MR) is 109 cm³/mol. The Bertz CT molecular complexity index is 825. The molecule has 2 atom stereocenters. The van der Waals surface area contributed by atoms with Gasteiger partial charge in [0.1, 0.15) is 15.9 Å². The van der Waals surface area contributed by atoms with Crippen LogP contribution >= 0.6 is 15.9 Å². The van der Waals surface area contributed by atoms with Crippen LogP contribution in [-0.2, 0) is 24.2 Å². The van der Waals surface area contributed by atoms with E-state index in [4.69, 9.17) is 4.74 Å². The Morgan fingerprint density at radius 3 is 2.25 bits per heavy atom. The van der Waals surface area contributed by atoms with Crippen LogP contribution in [0, 0.1) is 0 Å². The SMILES string of the molecule is CC(C)NC(=O)[C@@H](C)OC(=O)[C@@H](CCS(C)(=O)=O)NC(=O)c1ccccc1Br. The molecule has 28 heavy (non-hydrogen) atoms. The second kappa shape index (κ2) is 10.6. The molecule has 0 saturated heterocycles. The molecule has 1 aromatic carbocycles. The zero-order valence-electron chi connectivity index (χ0n) is 16.2. The van der Waals surface area contributed by atoms with Crippen LogP contribution in [0.4, 0.5) is 0 Å². The van der Waals surface area contributed by atoms with Gasteiger partial charge in [0.25, 0.3) is 11.8 Å². The van der Waals surface area contributed by atoms with E-state index < -0.39 is 39.8 Å². The standard InChI is InChI=1S/C18H25BrN2O6S/c1-11(2)20-16(22)12(3)27-18(24)15(9-10-28(4,25)26)21-17(23)13-7-5-6-8-14(13)19/h5-8,11-12,15H,9-10H2,1-4H3,(H,20,22)(H,21,23)/t12-,15-/m1/s1. The Morgan fingerprint density at radius 2 is 1.71 bits per heavy atom. The summed E-state index contributed by atoms with van der Waals surface area (Å²) in [4.78, 5) is 36.9. The van der Waals surface area contributed by atoms with E-state index in [1.54, 1.807) is 38.1 Å². The van der Waals surface area contributed by atoms with Gasteiger partial charge in [0, 0.05) is 16.8 Å². The molecule has 0 aliphatic carbocycles. The fourth-order valence-electron chi connectivity index (χ4n) is 2.17. The van der Waals surface area contributed by atoms with Gasteiger partial charge in [-0.1, -0.05) is 12.1 Å². The molecular formula is C18H25BrN2O6S. The van der Waals surface area contributed by atoms with Gasteiger partial charge >= 0.3 is 5.97 Å². The first-order valence-corrected chi connectivity index (χ1v) is 11.5. The van der Waals surface area contributed by atoms with Crippen molar-refractivity contribution in [2.24, 2.45) is 0 Å². The summed E-state index contributed by atoms with van der Waals surface area (Å²) >= 11 is 3.25. The fraction of sp³-hybridized carbons (Fsp3) is 0.500. The lowest BCUT2D eigenvalue weighted by molar-refractivity contribution is -0.156. The zero-order chi connectivity index (χ0) is 21.5. The molecule has 0 aliphatic rings. The Kier molecular flexibility index (Phi) is 9.09. The number of rotatable bonds is 9. The van der Waals surface area contributed by atoms with E-state index in [0.29, 0.717) is 4.47 Å². The third kappa shape index (κ3) is 8.39. The maximum Gasteiger partial charge on any atom is 0.329 e. The number of benzene rings is 1. The Morgan fingerprint density at radius 1 is 1.11 bits per heavy atom. The van der Waals surface area contributed by atoms with Crippen molar-refractivity contribution in [3.8, 4) is 0 Å². The molecule has 8 nitrogen and oxygen atoms in total. The predicted octanol–water partition coefficient (Wildman–Crippen LogP) is 1.44. The molecule has 2 N–H and O–H groups in total. The lowest BCUT2D eigenvalue weighted by Gasteiger charge is -2.21. The van der Waals surface area contributed by atoms with Gasteiger partial charge in [-0.2, -0.15) is 0 Å². The number of esters is 1. The number of sulfone groups is 1. The Balaban J connectivity index is 2.92. The van der Waals surface area contributed by atoms with E-state index in [0.717, 1.165) is 6.26 Å². The number of hydrogen-bond acceptors (Lipinski definition) is 6. The summed E-state index contributed by atoms with van der Waals surface area (Å²) in [6.07, 6.45) is -0.230. The van der Waals surface area contributed by atoms with Crippen molar-refractivity contribution in [2.45, 2.75) is 45.4 Å². The minimum Gasteiger partial charge on any atom is -0.451 e. The second-order valence-electron chi connectivity index (χ2n) is 6.67. The van der Waals surface area contributed by atoms with Crippen molar-refractivity contribution in [2.75, 3.05) is 12.0 Å². The first kappa shape index (κ1) is 24.1. The quantitative estimate of drug-likeness (QED) is 0.520. The third-order valence-electron chi connectivity index (χ3n) is 3.58. The Hall–Kier alpha value is -1.94. The van der Waals surface area contributed by atoms with E-state index in [9.17, 15) is 22.8 Å². The zero-order valence-corrected chi connectivity index (χ0v) is 18.6. The molecule has 0 radical (unpaired) electrons. The van der Waals surface area contributed by atoms with Crippen LogP contribution < -0.4 is 10.6 Å². The smallest absolute Gasteiger partial charge is 0.329 e. The number of amides is 2. The van der Waals surface area contributed by atoms with Crippen LogP contribution in [0.2, 0.25) is 0 Å². The highest BCUT2D eigenvalue weighted by molar-refractivity contribution is 9.10. The maximum atomic E-state index is 12.5. The van der Waals surface area contributed by atoms with Gasteiger partial charge in [-0.05, 0) is 55.3 Å². The van der Waals surface area contributed by atoms with Crippen molar-refractivity contribution < 1.29 is 27.5 Å². The van der Waals surface area contributed by atoms with Crippen LogP contribution in [0.15, 0.2) is 28.7 Å². The van der Waals surface area contributed by atoms with Crippen LogP contribution in [0.5, 0.6) is 0 Å². The topological polar surface area (TPSA) is 119 Å².